The van der Waals surface area contributed by atoms with Gasteiger partial charge in [0, 0.05) is 6.42 Å². The fraction of sp³-hybridized carbons (Fsp3) is 0.333. The Labute approximate surface area is 125 Å². The van der Waals surface area contributed by atoms with E-state index in [1.54, 1.807) is 24.3 Å². The van der Waals surface area contributed by atoms with Gasteiger partial charge >= 0.3 is 5.82 Å². The summed E-state index contributed by atoms with van der Waals surface area (Å²) < 4.78 is 9.15. The first-order chi connectivity index (χ1) is 10.5. The number of fused-ring (bicyclic) bond motifs is 1. The molecule has 3 rings (SSSR count). The number of nitrogens with zero attached hydrogens (tertiary/aromatic N) is 2. The molecule has 0 fully saturated rings. The Morgan fingerprint density at radius 2 is 1.68 bits per heavy atom. The SMILES string of the molecule is CC(C)C(Cc1noc(=O)o1)N1C(=O)c2ccccc2C1=O. The molecule has 0 spiro atoms. The van der Waals surface area contributed by atoms with Crippen molar-refractivity contribution in [2.75, 3.05) is 0 Å². The Kier molecular flexibility index (Phi) is 3.40. The van der Waals surface area contributed by atoms with E-state index in [0.717, 1.165) is 0 Å². The highest BCUT2D eigenvalue weighted by Crippen LogP contribution is 2.28. The van der Waals surface area contributed by atoms with E-state index in [1.807, 2.05) is 13.8 Å². The van der Waals surface area contributed by atoms with Gasteiger partial charge in [0.15, 0.2) is 0 Å². The smallest absolute Gasteiger partial charge is 0.375 e. The molecule has 1 unspecified atom stereocenters. The third kappa shape index (κ3) is 2.24. The van der Waals surface area contributed by atoms with E-state index >= 15 is 0 Å². The lowest BCUT2D eigenvalue weighted by atomic mass is 9.99. The highest BCUT2D eigenvalue weighted by molar-refractivity contribution is 6.21. The van der Waals surface area contributed by atoms with Gasteiger partial charge in [-0.25, -0.2) is 4.79 Å². The van der Waals surface area contributed by atoms with Gasteiger partial charge in [0.1, 0.15) is 0 Å². The maximum atomic E-state index is 12.5. The molecule has 0 bridgehead atoms. The molecule has 0 saturated carbocycles. The second kappa shape index (κ2) is 5.25. The maximum absolute atomic E-state index is 12.5. The zero-order valence-electron chi connectivity index (χ0n) is 12.1. The largest absolute Gasteiger partial charge is 0.542 e. The van der Waals surface area contributed by atoms with Gasteiger partial charge in [-0.05, 0) is 23.2 Å². The van der Waals surface area contributed by atoms with Crippen molar-refractivity contribution in [3.8, 4) is 0 Å². The molecular weight excluding hydrogens is 288 g/mol. The fourth-order valence-electron chi connectivity index (χ4n) is 2.61. The van der Waals surface area contributed by atoms with Gasteiger partial charge in [-0.2, -0.15) is 0 Å². The minimum absolute atomic E-state index is 0.0378. The molecule has 1 aromatic carbocycles. The number of benzene rings is 1. The fourth-order valence-corrected chi connectivity index (χ4v) is 2.61. The molecule has 2 heterocycles. The summed E-state index contributed by atoms with van der Waals surface area (Å²) in [6.07, 6.45) is 0.134. The Balaban J connectivity index is 1.95. The van der Waals surface area contributed by atoms with Crippen LogP contribution in [0.4, 0.5) is 0 Å². The lowest BCUT2D eigenvalue weighted by Crippen LogP contribution is -2.44. The van der Waals surface area contributed by atoms with Crippen LogP contribution in [0.25, 0.3) is 0 Å². The molecule has 1 aromatic heterocycles. The van der Waals surface area contributed by atoms with E-state index in [1.165, 1.54) is 4.90 Å². The average molecular weight is 302 g/mol. The van der Waals surface area contributed by atoms with E-state index in [9.17, 15) is 14.4 Å². The van der Waals surface area contributed by atoms with Gasteiger partial charge in [0.2, 0.25) is 5.89 Å². The van der Waals surface area contributed by atoms with E-state index in [-0.39, 0.29) is 30.0 Å². The van der Waals surface area contributed by atoms with Crippen LogP contribution in [0.15, 0.2) is 38.0 Å². The van der Waals surface area contributed by atoms with E-state index < -0.39 is 11.9 Å². The second-order valence-electron chi connectivity index (χ2n) is 5.47. The van der Waals surface area contributed by atoms with Gasteiger partial charge in [0.25, 0.3) is 11.8 Å². The number of rotatable bonds is 4. The Morgan fingerprint density at radius 3 is 2.14 bits per heavy atom. The highest BCUT2D eigenvalue weighted by atomic mass is 16.6. The van der Waals surface area contributed by atoms with Gasteiger partial charge < -0.3 is 4.42 Å². The average Bonchev–Trinajstić information content (AvgIpc) is 3.00. The number of aromatic nitrogens is 1. The van der Waals surface area contributed by atoms with Gasteiger partial charge in [-0.1, -0.05) is 26.0 Å². The minimum Gasteiger partial charge on any atom is -0.375 e. The monoisotopic (exact) mass is 302 g/mol. The van der Waals surface area contributed by atoms with Crippen LogP contribution in [0.5, 0.6) is 0 Å². The maximum Gasteiger partial charge on any atom is 0.542 e. The zero-order chi connectivity index (χ0) is 15.9. The Morgan fingerprint density at radius 1 is 1.09 bits per heavy atom. The summed E-state index contributed by atoms with van der Waals surface area (Å²) >= 11 is 0. The molecular formula is C15H14N2O5. The van der Waals surface area contributed by atoms with Crippen molar-refractivity contribution in [3.63, 3.8) is 0 Å². The summed E-state index contributed by atoms with van der Waals surface area (Å²) in [6.45, 7) is 3.76. The van der Waals surface area contributed by atoms with Crippen molar-refractivity contribution in [2.45, 2.75) is 26.3 Å². The molecule has 1 aliphatic heterocycles. The molecule has 1 aliphatic rings. The van der Waals surface area contributed by atoms with Crippen LogP contribution < -0.4 is 5.82 Å². The van der Waals surface area contributed by atoms with Crippen molar-refractivity contribution < 1.29 is 18.5 Å². The van der Waals surface area contributed by atoms with Crippen LogP contribution >= 0.6 is 0 Å². The lowest BCUT2D eigenvalue weighted by Gasteiger charge is -2.28. The summed E-state index contributed by atoms with van der Waals surface area (Å²) in [4.78, 5) is 37.2. The summed E-state index contributed by atoms with van der Waals surface area (Å²) in [7, 11) is 0. The van der Waals surface area contributed by atoms with Crippen LogP contribution in [0.3, 0.4) is 0 Å². The molecule has 0 aliphatic carbocycles. The third-order valence-corrected chi connectivity index (χ3v) is 3.73. The second-order valence-corrected chi connectivity index (χ2v) is 5.47. The van der Waals surface area contributed by atoms with Crippen LogP contribution in [0.2, 0.25) is 0 Å². The summed E-state index contributed by atoms with van der Waals surface area (Å²) in [5.74, 6) is -1.56. The predicted molar refractivity (Wildman–Crippen MR) is 74.3 cm³/mol. The minimum atomic E-state index is -0.903. The lowest BCUT2D eigenvalue weighted by molar-refractivity contribution is 0.0534. The molecule has 1 atom stereocenters. The van der Waals surface area contributed by atoms with Crippen molar-refractivity contribution >= 4 is 11.8 Å². The molecule has 114 valence electrons. The van der Waals surface area contributed by atoms with E-state index in [4.69, 9.17) is 4.42 Å². The molecule has 2 amide bonds. The summed E-state index contributed by atoms with van der Waals surface area (Å²) in [6, 6.07) is 6.22. The van der Waals surface area contributed by atoms with Crippen LogP contribution in [0.1, 0.15) is 40.5 Å². The Bertz CT molecular complexity index is 754. The van der Waals surface area contributed by atoms with Gasteiger partial charge in [0.05, 0.1) is 17.2 Å². The first kappa shape index (κ1) is 14.2. The summed E-state index contributed by atoms with van der Waals surface area (Å²) in [5.41, 5.74) is 0.777. The molecule has 2 aromatic rings. The molecule has 0 saturated heterocycles. The van der Waals surface area contributed by atoms with E-state index in [0.29, 0.717) is 11.1 Å². The number of carbonyl (C=O) groups excluding carboxylic acids is 2. The number of amides is 2. The number of imide groups is 1. The molecule has 0 radical (unpaired) electrons. The molecule has 7 nitrogen and oxygen atoms in total. The third-order valence-electron chi connectivity index (χ3n) is 3.73. The van der Waals surface area contributed by atoms with E-state index in [2.05, 4.69) is 9.68 Å². The highest BCUT2D eigenvalue weighted by Gasteiger charge is 2.41. The number of hydrogen-bond acceptors (Lipinski definition) is 6. The number of hydrogen-bond donors (Lipinski definition) is 0. The quantitative estimate of drug-likeness (QED) is 0.794. The first-order valence-corrected chi connectivity index (χ1v) is 6.91. The zero-order valence-corrected chi connectivity index (χ0v) is 12.1. The normalized spacial score (nSPS) is 15.5. The van der Waals surface area contributed by atoms with Crippen LogP contribution in [0, 0.1) is 5.92 Å². The van der Waals surface area contributed by atoms with Crippen molar-refractivity contribution in [1.29, 1.82) is 0 Å². The summed E-state index contributed by atoms with van der Waals surface area (Å²) in [5, 5.41) is 3.51. The number of carbonyl (C=O) groups is 2. The topological polar surface area (TPSA) is 93.6 Å². The van der Waals surface area contributed by atoms with Crippen LogP contribution in [-0.2, 0) is 6.42 Å². The molecule has 22 heavy (non-hydrogen) atoms. The standard InChI is InChI=1S/C15H14N2O5/c1-8(2)11(7-12-16-22-15(20)21-12)17-13(18)9-5-3-4-6-10(9)14(17)19/h3-6,8,11H,7H2,1-2H3. The van der Waals surface area contributed by atoms with Crippen molar-refractivity contribution in [2.24, 2.45) is 5.92 Å². The molecule has 0 N–H and O–H groups in total. The van der Waals surface area contributed by atoms with Crippen molar-refractivity contribution in [3.05, 3.63) is 51.9 Å². The Hall–Kier alpha value is -2.70. The molecule has 7 heteroatoms. The first-order valence-electron chi connectivity index (χ1n) is 6.91. The van der Waals surface area contributed by atoms with Gasteiger partial charge in [-0.3, -0.25) is 19.0 Å². The van der Waals surface area contributed by atoms with Crippen molar-refractivity contribution in [1.82, 2.24) is 10.1 Å². The van der Waals surface area contributed by atoms with Crippen LogP contribution in [-0.4, -0.2) is 27.9 Å². The van der Waals surface area contributed by atoms with Gasteiger partial charge in [-0.15, -0.1) is 0 Å². The predicted octanol–water partition coefficient (Wildman–Crippen LogP) is 1.49.